The smallest absolute Gasteiger partial charge is 0.287 e. The predicted molar refractivity (Wildman–Crippen MR) is 118 cm³/mol. The largest absolute Gasteiger partial charge is 0.493 e. The zero-order valence-electron chi connectivity index (χ0n) is 17.2. The maximum absolute atomic E-state index is 11.7. The van der Waals surface area contributed by atoms with E-state index in [0.29, 0.717) is 31.1 Å². The third-order valence-corrected chi connectivity index (χ3v) is 6.61. The number of thioether (sulfide) groups is 2. The Kier molecular flexibility index (Phi) is 6.67. The summed E-state index contributed by atoms with van der Waals surface area (Å²) in [6.07, 6.45) is 4.80. The van der Waals surface area contributed by atoms with Crippen molar-refractivity contribution in [2.45, 2.75) is 36.7 Å². The highest BCUT2D eigenvalue weighted by Gasteiger charge is 2.31. The van der Waals surface area contributed by atoms with E-state index in [1.165, 1.54) is 0 Å². The number of aromatic nitrogens is 3. The molecule has 10 heteroatoms. The Hall–Kier alpha value is -2.72. The summed E-state index contributed by atoms with van der Waals surface area (Å²) in [4.78, 5) is 31.8. The van der Waals surface area contributed by atoms with Gasteiger partial charge in [-0.15, -0.1) is 0 Å². The van der Waals surface area contributed by atoms with Gasteiger partial charge in [0.1, 0.15) is 17.6 Å². The van der Waals surface area contributed by atoms with E-state index in [2.05, 4.69) is 15.3 Å². The van der Waals surface area contributed by atoms with E-state index >= 15 is 0 Å². The molecule has 3 aromatic rings. The summed E-state index contributed by atoms with van der Waals surface area (Å²) in [5, 5.41) is 3.17. The van der Waals surface area contributed by atoms with Crippen LogP contribution in [-0.4, -0.2) is 37.5 Å². The van der Waals surface area contributed by atoms with Crippen LogP contribution < -0.4 is 10.1 Å². The first-order valence-electron chi connectivity index (χ1n) is 9.77. The summed E-state index contributed by atoms with van der Waals surface area (Å²) in [5.41, 5.74) is 1.86. The van der Waals surface area contributed by atoms with E-state index in [9.17, 15) is 9.59 Å². The van der Waals surface area contributed by atoms with E-state index in [1.807, 2.05) is 49.0 Å². The van der Waals surface area contributed by atoms with Crippen LogP contribution in [0.25, 0.3) is 0 Å². The van der Waals surface area contributed by atoms with Crippen molar-refractivity contribution in [3.8, 4) is 5.75 Å². The Morgan fingerprint density at radius 1 is 1.29 bits per heavy atom. The minimum atomic E-state index is -0.454. The van der Waals surface area contributed by atoms with Gasteiger partial charge in [0.05, 0.1) is 18.1 Å². The van der Waals surface area contributed by atoms with Gasteiger partial charge < -0.3 is 19.0 Å². The van der Waals surface area contributed by atoms with Crippen LogP contribution in [0.1, 0.15) is 22.9 Å². The fourth-order valence-electron chi connectivity index (χ4n) is 3.15. The summed E-state index contributed by atoms with van der Waals surface area (Å²) in [5.74, 6) is 2.84. The third kappa shape index (κ3) is 5.50. The first kappa shape index (κ1) is 21.5. The number of oxazole rings is 1. The number of amides is 1. The molecule has 3 heterocycles. The topological polar surface area (TPSA) is 99.2 Å². The summed E-state index contributed by atoms with van der Waals surface area (Å²) in [6, 6.07) is 7.10. The normalized spacial score (nSPS) is 16.0. The molecule has 2 aromatic heterocycles. The molecule has 1 amide bonds. The van der Waals surface area contributed by atoms with Crippen molar-refractivity contribution in [1.82, 2.24) is 19.9 Å². The lowest BCUT2D eigenvalue weighted by molar-refractivity contribution is -0.112. The molecule has 8 nitrogen and oxygen atoms in total. The fourth-order valence-corrected chi connectivity index (χ4v) is 4.59. The zero-order valence-corrected chi connectivity index (χ0v) is 18.8. The second-order valence-corrected chi connectivity index (χ2v) is 8.99. The highest BCUT2D eigenvalue weighted by atomic mass is 32.2. The molecule has 0 radical (unpaired) electrons. The van der Waals surface area contributed by atoms with Gasteiger partial charge in [0.2, 0.25) is 11.0 Å². The van der Waals surface area contributed by atoms with Crippen molar-refractivity contribution >= 4 is 33.9 Å². The Balaban J connectivity index is 1.24. The van der Waals surface area contributed by atoms with Crippen LogP contribution in [0.4, 0.5) is 4.79 Å². The number of hydrogen-bond acceptors (Lipinski definition) is 8. The molecule has 0 saturated carbocycles. The van der Waals surface area contributed by atoms with Crippen molar-refractivity contribution in [2.75, 3.05) is 6.61 Å². The highest BCUT2D eigenvalue weighted by molar-refractivity contribution is 8.26. The second-order valence-electron chi connectivity index (χ2n) is 7.07. The SMILES string of the molecule is Cc1oc(CSc2nccn2C)nc1CCOc1ccc(CC2NC(=O)SC2=O)cc1. The van der Waals surface area contributed by atoms with Gasteiger partial charge >= 0.3 is 0 Å². The highest BCUT2D eigenvalue weighted by Crippen LogP contribution is 2.23. The van der Waals surface area contributed by atoms with Crippen LogP contribution in [0.15, 0.2) is 46.2 Å². The lowest BCUT2D eigenvalue weighted by atomic mass is 10.1. The molecule has 0 aliphatic carbocycles. The summed E-state index contributed by atoms with van der Waals surface area (Å²) in [7, 11) is 1.95. The lowest BCUT2D eigenvalue weighted by Crippen LogP contribution is -2.30. The van der Waals surface area contributed by atoms with Gasteiger partial charge in [-0.25, -0.2) is 9.97 Å². The van der Waals surface area contributed by atoms with Gasteiger partial charge in [0.25, 0.3) is 5.24 Å². The molecule has 1 aliphatic rings. The van der Waals surface area contributed by atoms with Crippen molar-refractivity contribution in [3.63, 3.8) is 0 Å². The Bertz CT molecular complexity index is 1080. The standard InChI is InChI=1S/C21H22N4O4S2/c1-13-16(23-18(29-13)12-30-20-22-8-9-25(20)2)7-10-28-15-5-3-14(4-6-15)11-17-19(26)31-21(27)24-17/h3-6,8-9,17H,7,10-12H2,1-2H3,(H,24,27). The fraction of sp³-hybridized carbons (Fsp3) is 0.333. The average Bonchev–Trinajstić information content (AvgIpc) is 3.40. The first-order chi connectivity index (χ1) is 15.0. The molecule has 1 atom stereocenters. The number of carbonyl (C=O) groups is 2. The minimum absolute atomic E-state index is 0.133. The monoisotopic (exact) mass is 458 g/mol. The van der Waals surface area contributed by atoms with Gasteiger partial charge in [-0.2, -0.15) is 0 Å². The maximum Gasteiger partial charge on any atom is 0.287 e. The van der Waals surface area contributed by atoms with Crippen LogP contribution in [0, 0.1) is 6.92 Å². The summed E-state index contributed by atoms with van der Waals surface area (Å²) < 4.78 is 13.6. The van der Waals surface area contributed by atoms with Gasteiger partial charge in [-0.1, -0.05) is 23.9 Å². The van der Waals surface area contributed by atoms with Crippen molar-refractivity contribution in [3.05, 3.63) is 59.6 Å². The molecule has 1 fully saturated rings. The first-order valence-corrected chi connectivity index (χ1v) is 11.6. The Morgan fingerprint density at radius 3 is 2.77 bits per heavy atom. The molecule has 1 N–H and O–H groups in total. The van der Waals surface area contributed by atoms with E-state index in [0.717, 1.165) is 39.7 Å². The second kappa shape index (κ2) is 9.61. The molecule has 4 rings (SSSR count). The lowest BCUT2D eigenvalue weighted by Gasteiger charge is -2.09. The number of aryl methyl sites for hydroxylation is 2. The van der Waals surface area contributed by atoms with E-state index in [1.54, 1.807) is 18.0 Å². The maximum atomic E-state index is 11.7. The third-order valence-electron chi connectivity index (χ3n) is 4.78. The number of hydrogen-bond donors (Lipinski definition) is 1. The van der Waals surface area contributed by atoms with E-state index < -0.39 is 6.04 Å². The molecule has 0 spiro atoms. The van der Waals surface area contributed by atoms with Crippen LogP contribution >= 0.6 is 23.5 Å². The van der Waals surface area contributed by atoms with Crippen molar-refractivity contribution in [2.24, 2.45) is 7.05 Å². The number of rotatable bonds is 9. The van der Waals surface area contributed by atoms with Crippen LogP contribution in [0.2, 0.25) is 0 Å². The molecule has 1 saturated heterocycles. The molecule has 31 heavy (non-hydrogen) atoms. The van der Waals surface area contributed by atoms with Crippen molar-refractivity contribution < 1.29 is 18.7 Å². The molecule has 1 unspecified atom stereocenters. The zero-order chi connectivity index (χ0) is 21.8. The number of imidazole rings is 1. The van der Waals surface area contributed by atoms with Gasteiger partial charge in [0, 0.05) is 44.0 Å². The minimum Gasteiger partial charge on any atom is -0.493 e. The van der Waals surface area contributed by atoms with Gasteiger partial charge in [-0.05, 0) is 24.6 Å². The number of nitrogens with one attached hydrogen (secondary N) is 1. The quantitative estimate of drug-likeness (QED) is 0.486. The van der Waals surface area contributed by atoms with Gasteiger partial charge in [0.15, 0.2) is 5.16 Å². The molecular weight excluding hydrogens is 436 g/mol. The van der Waals surface area contributed by atoms with E-state index in [4.69, 9.17) is 9.15 Å². The molecule has 1 aliphatic heterocycles. The summed E-state index contributed by atoms with van der Waals surface area (Å²) in [6.45, 7) is 2.39. The van der Waals surface area contributed by atoms with Crippen LogP contribution in [0.3, 0.4) is 0 Å². The number of benzene rings is 1. The predicted octanol–water partition coefficient (Wildman–Crippen LogP) is 3.52. The number of ether oxygens (including phenoxy) is 1. The average molecular weight is 459 g/mol. The van der Waals surface area contributed by atoms with Crippen LogP contribution in [0.5, 0.6) is 5.75 Å². The van der Waals surface area contributed by atoms with Crippen LogP contribution in [-0.2, 0) is 30.4 Å². The number of carbonyl (C=O) groups excluding carboxylic acids is 2. The van der Waals surface area contributed by atoms with E-state index in [-0.39, 0.29) is 10.4 Å². The molecule has 1 aromatic carbocycles. The molecular formula is C21H22N4O4S2. The summed E-state index contributed by atoms with van der Waals surface area (Å²) >= 11 is 2.31. The number of nitrogens with zero attached hydrogens (tertiary/aromatic N) is 3. The Morgan fingerprint density at radius 2 is 2.10 bits per heavy atom. The van der Waals surface area contributed by atoms with Crippen molar-refractivity contribution in [1.29, 1.82) is 0 Å². The molecule has 0 bridgehead atoms. The Labute approximate surface area is 188 Å². The molecule has 162 valence electrons. The van der Waals surface area contributed by atoms with Gasteiger partial charge in [-0.3, -0.25) is 9.59 Å².